The molecular formula is C54H100N2O5. The van der Waals surface area contributed by atoms with Crippen LogP contribution in [0.5, 0.6) is 0 Å². The van der Waals surface area contributed by atoms with E-state index in [9.17, 15) is 9.59 Å². The Morgan fingerprint density at radius 1 is 0.508 bits per heavy atom. The maximum atomic E-state index is 13.0. The number of ether oxygens (including phenoxy) is 3. The second-order valence-corrected chi connectivity index (χ2v) is 18.5. The number of unbranched alkanes of at least 4 members (excludes halogenated alkanes) is 18. The van der Waals surface area contributed by atoms with E-state index in [-0.39, 0.29) is 41.9 Å². The fourth-order valence-electron chi connectivity index (χ4n) is 7.09. The van der Waals surface area contributed by atoms with Crippen LogP contribution in [-0.2, 0) is 23.8 Å². The molecule has 0 aromatic carbocycles. The van der Waals surface area contributed by atoms with Crippen molar-refractivity contribution in [2.45, 2.75) is 251 Å². The van der Waals surface area contributed by atoms with Crippen molar-refractivity contribution in [3.8, 4) is 0 Å². The van der Waals surface area contributed by atoms with Gasteiger partial charge in [-0.2, -0.15) is 0 Å². The summed E-state index contributed by atoms with van der Waals surface area (Å²) in [7, 11) is 1.73. The lowest BCUT2D eigenvalue weighted by atomic mass is 9.99. The van der Waals surface area contributed by atoms with Crippen molar-refractivity contribution in [3.05, 3.63) is 48.6 Å². The standard InChI is InChI=1S/C54H100N2O5/c1-8-10-12-14-16-18-20-22-24-26-28-30-32-34-36-38-40-50(41-39-37-35-33-31-29-27-25-23-21-19-17-15-13-11-9-2)56-52(58)43-42-51(57)55-46-49-60-47-44-54(5,6)61-48-45-53(3,4)59-7/h16-19,22-25,50H,8-15,20-21,26-49H2,1-7H3,(H,55,57)(H,56,58). The van der Waals surface area contributed by atoms with Crippen LogP contribution in [0.2, 0.25) is 0 Å². The van der Waals surface area contributed by atoms with Crippen molar-refractivity contribution in [1.29, 1.82) is 0 Å². The summed E-state index contributed by atoms with van der Waals surface area (Å²) in [5.41, 5.74) is -0.485. The van der Waals surface area contributed by atoms with Gasteiger partial charge in [0.1, 0.15) is 0 Å². The van der Waals surface area contributed by atoms with Crippen molar-refractivity contribution >= 4 is 11.8 Å². The molecule has 7 nitrogen and oxygen atoms in total. The molecule has 0 rings (SSSR count). The number of hydrogen-bond acceptors (Lipinski definition) is 5. The van der Waals surface area contributed by atoms with Crippen LogP contribution in [0.3, 0.4) is 0 Å². The fourth-order valence-corrected chi connectivity index (χ4v) is 7.09. The van der Waals surface area contributed by atoms with Crippen molar-refractivity contribution in [1.82, 2.24) is 10.6 Å². The Kier molecular flexibility index (Phi) is 41.5. The van der Waals surface area contributed by atoms with Crippen LogP contribution in [-0.4, -0.2) is 62.5 Å². The minimum absolute atomic E-state index is 0.00686. The number of nitrogens with one attached hydrogen (secondary N) is 2. The molecule has 0 aliphatic carbocycles. The lowest BCUT2D eigenvalue weighted by Crippen LogP contribution is -2.36. The first-order chi connectivity index (χ1) is 29.5. The average molecular weight is 857 g/mol. The van der Waals surface area contributed by atoms with E-state index in [4.69, 9.17) is 14.2 Å². The predicted octanol–water partition coefficient (Wildman–Crippen LogP) is 14.8. The topological polar surface area (TPSA) is 85.9 Å². The minimum atomic E-state index is -0.289. The minimum Gasteiger partial charge on any atom is -0.380 e. The zero-order chi connectivity index (χ0) is 45.0. The lowest BCUT2D eigenvalue weighted by molar-refractivity contribution is -0.127. The van der Waals surface area contributed by atoms with Crippen molar-refractivity contribution in [3.63, 3.8) is 0 Å². The van der Waals surface area contributed by atoms with Gasteiger partial charge in [-0.3, -0.25) is 9.59 Å². The Morgan fingerprint density at radius 3 is 1.41 bits per heavy atom. The Bertz CT molecular complexity index is 1060. The monoisotopic (exact) mass is 857 g/mol. The largest absolute Gasteiger partial charge is 0.380 e. The third kappa shape index (κ3) is 44.2. The molecule has 0 heterocycles. The number of hydrogen-bond donors (Lipinski definition) is 2. The highest BCUT2D eigenvalue weighted by Crippen LogP contribution is 2.19. The predicted molar refractivity (Wildman–Crippen MR) is 263 cm³/mol. The molecule has 0 aliphatic rings. The van der Waals surface area contributed by atoms with Crippen LogP contribution < -0.4 is 10.6 Å². The van der Waals surface area contributed by atoms with Gasteiger partial charge < -0.3 is 24.8 Å². The summed E-state index contributed by atoms with van der Waals surface area (Å²) in [5, 5.41) is 6.23. The lowest BCUT2D eigenvalue weighted by Gasteiger charge is -2.28. The third-order valence-electron chi connectivity index (χ3n) is 11.6. The van der Waals surface area contributed by atoms with Crippen molar-refractivity contribution in [2.75, 3.05) is 33.5 Å². The van der Waals surface area contributed by atoms with E-state index < -0.39 is 0 Å². The summed E-state index contributed by atoms with van der Waals surface area (Å²) in [6.45, 7) is 14.8. The highest BCUT2D eigenvalue weighted by atomic mass is 16.5. The summed E-state index contributed by atoms with van der Waals surface area (Å²) in [5.74, 6) is -0.109. The van der Waals surface area contributed by atoms with Crippen LogP contribution in [0, 0.1) is 0 Å². The molecule has 0 radical (unpaired) electrons. The molecular weight excluding hydrogens is 757 g/mol. The second kappa shape index (κ2) is 43.1. The molecule has 0 fully saturated rings. The summed E-state index contributed by atoms with van der Waals surface area (Å²) < 4.78 is 17.3. The number of amides is 2. The van der Waals surface area contributed by atoms with E-state index in [2.05, 4.69) is 101 Å². The van der Waals surface area contributed by atoms with Gasteiger partial charge in [-0.05, 0) is 118 Å². The average Bonchev–Trinajstić information content (AvgIpc) is 3.23. The first-order valence-electron chi connectivity index (χ1n) is 25.5. The fraction of sp³-hybridized carbons (Fsp3) is 0.815. The first-order valence-corrected chi connectivity index (χ1v) is 25.5. The zero-order valence-corrected chi connectivity index (χ0v) is 41.3. The van der Waals surface area contributed by atoms with Gasteiger partial charge in [-0.15, -0.1) is 0 Å². The molecule has 0 atom stereocenters. The number of carbonyl (C=O) groups excluding carboxylic acids is 2. The van der Waals surface area contributed by atoms with Gasteiger partial charge in [0, 0.05) is 39.1 Å². The van der Waals surface area contributed by atoms with Crippen molar-refractivity contribution in [2.24, 2.45) is 0 Å². The molecule has 0 aromatic heterocycles. The Hall–Kier alpha value is -2.22. The van der Waals surface area contributed by atoms with E-state index in [0.717, 1.165) is 51.4 Å². The van der Waals surface area contributed by atoms with Gasteiger partial charge in [0.05, 0.1) is 24.4 Å². The highest BCUT2D eigenvalue weighted by Gasteiger charge is 2.22. The smallest absolute Gasteiger partial charge is 0.220 e. The molecule has 7 heteroatoms. The molecule has 2 N–H and O–H groups in total. The molecule has 0 bridgehead atoms. The summed E-state index contributed by atoms with van der Waals surface area (Å²) in [6.07, 6.45) is 52.4. The van der Waals surface area contributed by atoms with Gasteiger partial charge in [-0.1, -0.05) is 152 Å². The van der Waals surface area contributed by atoms with Crippen molar-refractivity contribution < 1.29 is 23.8 Å². The van der Waals surface area contributed by atoms with Crippen LogP contribution in [0.4, 0.5) is 0 Å². The molecule has 61 heavy (non-hydrogen) atoms. The van der Waals surface area contributed by atoms with E-state index in [1.54, 1.807) is 7.11 Å². The van der Waals surface area contributed by atoms with Gasteiger partial charge >= 0.3 is 0 Å². The summed E-state index contributed by atoms with van der Waals surface area (Å²) in [4.78, 5) is 25.5. The quantitative estimate of drug-likeness (QED) is 0.0471. The molecule has 0 saturated heterocycles. The summed E-state index contributed by atoms with van der Waals surface area (Å²) in [6, 6.07) is 0.195. The van der Waals surface area contributed by atoms with Crippen LogP contribution in [0.25, 0.3) is 0 Å². The molecule has 0 aliphatic heterocycles. The zero-order valence-electron chi connectivity index (χ0n) is 41.3. The van der Waals surface area contributed by atoms with Crippen LogP contribution in [0.15, 0.2) is 48.6 Å². The third-order valence-corrected chi connectivity index (χ3v) is 11.6. The molecule has 0 unspecified atom stereocenters. The highest BCUT2D eigenvalue weighted by molar-refractivity contribution is 5.83. The second-order valence-electron chi connectivity index (χ2n) is 18.5. The molecule has 356 valence electrons. The van der Waals surface area contributed by atoms with E-state index in [1.807, 2.05) is 0 Å². The van der Waals surface area contributed by atoms with E-state index in [0.29, 0.717) is 26.4 Å². The van der Waals surface area contributed by atoms with Gasteiger partial charge in [0.2, 0.25) is 11.8 Å². The van der Waals surface area contributed by atoms with Gasteiger partial charge in [0.25, 0.3) is 0 Å². The molecule has 2 amide bonds. The van der Waals surface area contributed by atoms with Gasteiger partial charge in [0.15, 0.2) is 0 Å². The molecule has 0 saturated carbocycles. The van der Waals surface area contributed by atoms with E-state index in [1.165, 1.54) is 128 Å². The SMILES string of the molecule is CCCCCC=CCC=CCCCCCCCCC(CCCCCCCCC=CCC=CCCCCC)NC(=O)CCC(=O)NCCOCCC(C)(C)OCCC(C)(C)OC. The number of methoxy groups -OCH3 is 1. The van der Waals surface area contributed by atoms with Crippen LogP contribution in [0.1, 0.15) is 234 Å². The Morgan fingerprint density at radius 2 is 0.934 bits per heavy atom. The Balaban J connectivity index is 4.44. The molecule has 0 spiro atoms. The number of allylic oxidation sites excluding steroid dienone is 8. The first kappa shape index (κ1) is 58.8. The Labute approximate surface area is 378 Å². The number of rotatable bonds is 45. The van der Waals surface area contributed by atoms with E-state index >= 15 is 0 Å². The maximum absolute atomic E-state index is 13.0. The summed E-state index contributed by atoms with van der Waals surface area (Å²) >= 11 is 0. The molecule has 0 aromatic rings. The van der Waals surface area contributed by atoms with Gasteiger partial charge in [-0.25, -0.2) is 0 Å². The maximum Gasteiger partial charge on any atom is 0.220 e. The normalized spacial score (nSPS) is 13.1. The number of carbonyl (C=O) groups is 2. The van der Waals surface area contributed by atoms with Crippen LogP contribution >= 0.6 is 0 Å².